The predicted octanol–water partition coefficient (Wildman–Crippen LogP) is 9.35. The average Bonchev–Trinajstić information content (AvgIpc) is 3.49. The zero-order valence-electron chi connectivity index (χ0n) is 23.3. The molecule has 1 aliphatic heterocycles. The van der Waals surface area contributed by atoms with Crippen LogP contribution in [0.15, 0.2) is 91.0 Å². The molecule has 0 unspecified atom stereocenters. The van der Waals surface area contributed by atoms with Gasteiger partial charge in [0.15, 0.2) is 0 Å². The second kappa shape index (κ2) is 14.2. The minimum absolute atomic E-state index is 0.525. The van der Waals surface area contributed by atoms with Crippen molar-refractivity contribution in [3.05, 3.63) is 114 Å². The van der Waals surface area contributed by atoms with E-state index >= 15 is 0 Å². The van der Waals surface area contributed by atoms with Gasteiger partial charge in [-0.05, 0) is 36.3 Å². The number of benzene rings is 4. The van der Waals surface area contributed by atoms with Gasteiger partial charge in [-0.15, -0.1) is 40.1 Å². The number of hydrogen-bond donors (Lipinski definition) is 0. The molecule has 39 heavy (non-hydrogen) atoms. The Morgan fingerprint density at radius 1 is 0.846 bits per heavy atom. The van der Waals surface area contributed by atoms with Crippen molar-refractivity contribution in [2.24, 2.45) is 5.92 Å². The van der Waals surface area contributed by atoms with E-state index in [4.69, 9.17) is 17.0 Å². The normalized spacial score (nSPS) is 11.3. The van der Waals surface area contributed by atoms with Gasteiger partial charge in [0.25, 0.3) is 0 Å². The fourth-order valence-electron chi connectivity index (χ4n) is 5.31. The molecule has 5 aromatic carbocycles. The van der Waals surface area contributed by atoms with Crippen molar-refractivity contribution in [3.8, 4) is 22.3 Å². The van der Waals surface area contributed by atoms with E-state index in [1.54, 1.807) is 0 Å². The largest absolute Gasteiger partial charge is 0.184 e. The van der Waals surface area contributed by atoms with Crippen LogP contribution in [-0.2, 0) is 27.3 Å². The molecule has 5 aromatic rings. The first-order chi connectivity index (χ1) is 18.8. The molecule has 0 amide bonds. The van der Waals surface area contributed by atoms with Crippen molar-refractivity contribution in [3.63, 3.8) is 0 Å². The van der Waals surface area contributed by atoms with Crippen molar-refractivity contribution in [2.75, 3.05) is 0 Å². The van der Waals surface area contributed by atoms with Crippen LogP contribution in [0.1, 0.15) is 50.3 Å². The quantitative estimate of drug-likeness (QED) is 0.133. The van der Waals surface area contributed by atoms with Gasteiger partial charge in [-0.3, -0.25) is 0 Å². The van der Waals surface area contributed by atoms with E-state index in [0.717, 1.165) is 15.9 Å². The van der Waals surface area contributed by atoms with E-state index in [1.807, 2.05) is 6.07 Å². The van der Waals surface area contributed by atoms with Crippen molar-refractivity contribution in [1.82, 2.24) is 0 Å². The number of fused-ring (bicyclic) bond motifs is 4. The summed E-state index contributed by atoms with van der Waals surface area (Å²) in [6.45, 7) is 11.4. The Hall–Kier alpha value is -1.83. The maximum absolute atomic E-state index is 4.93. The molecule has 0 bridgehead atoms. The van der Waals surface area contributed by atoms with Crippen LogP contribution in [0.2, 0.25) is 0 Å². The Kier molecular flexibility index (Phi) is 11.0. The molecule has 1 heterocycles. The van der Waals surface area contributed by atoms with Crippen LogP contribution in [0, 0.1) is 18.9 Å². The summed E-state index contributed by atoms with van der Waals surface area (Å²) in [6.07, 6.45) is 1.15. The molecule has 0 spiro atoms. The third kappa shape index (κ3) is 7.28. The Bertz CT molecular complexity index is 1490. The molecule has 0 saturated carbocycles. The van der Waals surface area contributed by atoms with Crippen LogP contribution in [0.3, 0.4) is 0 Å². The molecule has 0 aliphatic carbocycles. The summed E-state index contributed by atoms with van der Waals surface area (Å²) in [5, 5.41) is 5.62. The molecular formula is C35H34Cl2SiZr. The number of rotatable bonds is 4. The van der Waals surface area contributed by atoms with Crippen LogP contribution in [-0.4, -0.2) is 9.52 Å². The monoisotopic (exact) mass is 642 g/mol. The summed E-state index contributed by atoms with van der Waals surface area (Å²) in [7, 11) is 10.7. The third-order valence-electron chi connectivity index (χ3n) is 7.00. The van der Waals surface area contributed by atoms with Gasteiger partial charge in [-0.1, -0.05) is 98.1 Å². The Labute approximate surface area is 255 Å². The van der Waals surface area contributed by atoms with Crippen molar-refractivity contribution in [1.29, 1.82) is 0 Å². The predicted molar refractivity (Wildman–Crippen MR) is 170 cm³/mol. The summed E-state index contributed by atoms with van der Waals surface area (Å²) >= 11 is -0.826. The number of aryl methyl sites for hydroxylation is 1. The van der Waals surface area contributed by atoms with Gasteiger partial charge in [0.1, 0.15) is 0 Å². The molecule has 0 nitrogen and oxygen atoms in total. The SMILES string of the molecule is Cc1ccccc1-c1c(C(C)C)ccc2[cH-]c(CC(C)C)cc12.[Cl][Zr+2][Cl].[c-]1cccc2c1[Si]c1ccccc1-2. The van der Waals surface area contributed by atoms with Gasteiger partial charge in [-0.2, -0.15) is 35.5 Å². The van der Waals surface area contributed by atoms with Gasteiger partial charge < -0.3 is 0 Å². The minimum atomic E-state index is -0.826. The first kappa shape index (κ1) is 30.1. The first-order valence-electron chi connectivity index (χ1n) is 13.5. The van der Waals surface area contributed by atoms with E-state index in [1.165, 1.54) is 60.1 Å². The van der Waals surface area contributed by atoms with Crippen molar-refractivity contribution < 1.29 is 20.8 Å². The number of hydrogen-bond acceptors (Lipinski definition) is 0. The van der Waals surface area contributed by atoms with Gasteiger partial charge >= 0.3 is 37.9 Å². The van der Waals surface area contributed by atoms with E-state index in [2.05, 4.69) is 126 Å². The molecule has 0 fully saturated rings. The molecule has 0 N–H and O–H groups in total. The Morgan fingerprint density at radius 2 is 1.51 bits per heavy atom. The topological polar surface area (TPSA) is 0 Å². The Morgan fingerprint density at radius 3 is 2.21 bits per heavy atom. The summed E-state index contributed by atoms with van der Waals surface area (Å²) in [5.74, 6) is 1.22. The van der Waals surface area contributed by atoms with Crippen molar-refractivity contribution >= 4 is 47.7 Å². The molecule has 4 heteroatoms. The summed E-state index contributed by atoms with van der Waals surface area (Å²) < 4.78 is 0. The maximum atomic E-state index is 4.93. The molecule has 0 atom stereocenters. The molecular weight excluding hydrogens is 611 g/mol. The Balaban J connectivity index is 0.000000184. The van der Waals surface area contributed by atoms with E-state index < -0.39 is 20.8 Å². The van der Waals surface area contributed by atoms with Gasteiger partial charge in [0, 0.05) is 0 Å². The summed E-state index contributed by atoms with van der Waals surface area (Å²) in [6, 6.07) is 36.4. The van der Waals surface area contributed by atoms with Gasteiger partial charge in [0.2, 0.25) is 0 Å². The number of halogens is 2. The fourth-order valence-corrected chi connectivity index (χ4v) is 6.62. The third-order valence-corrected chi connectivity index (χ3v) is 8.36. The van der Waals surface area contributed by atoms with Crippen LogP contribution in [0.5, 0.6) is 0 Å². The van der Waals surface area contributed by atoms with Crippen LogP contribution in [0.4, 0.5) is 0 Å². The second-order valence-corrected chi connectivity index (χ2v) is 15.7. The molecule has 1 aliphatic rings. The van der Waals surface area contributed by atoms with Gasteiger partial charge in [-0.25, -0.2) is 0 Å². The van der Waals surface area contributed by atoms with E-state index in [-0.39, 0.29) is 0 Å². The molecule has 6 rings (SSSR count). The van der Waals surface area contributed by atoms with Crippen LogP contribution in [0.25, 0.3) is 33.0 Å². The van der Waals surface area contributed by atoms with Crippen molar-refractivity contribution in [2.45, 2.75) is 47.0 Å². The summed E-state index contributed by atoms with van der Waals surface area (Å²) in [4.78, 5) is 0. The summed E-state index contributed by atoms with van der Waals surface area (Å²) in [5.41, 5.74) is 9.85. The van der Waals surface area contributed by atoms with E-state index in [0.29, 0.717) is 11.8 Å². The standard InChI is InChI=1S/C23H27.C12H7Si.2ClH.Zr/c1-15(2)12-18-13-19-10-11-20(16(3)4)23(22(19)14-18)21-9-7-6-8-17(21)5;1-3-7-11-9(5-1)10-6-2-4-8-12(10)13-11;;;/h6-11,13-16H,12H2,1-5H3;1-7H;2*1H;/q2*-1;;;+4/p-2. The average molecular weight is 645 g/mol. The fraction of sp³-hybridized carbons (Fsp3) is 0.229. The van der Waals surface area contributed by atoms with Crippen LogP contribution < -0.4 is 10.4 Å². The zero-order chi connectivity index (χ0) is 27.9. The van der Waals surface area contributed by atoms with Gasteiger partial charge in [0.05, 0.1) is 9.52 Å². The smallest absolute Gasteiger partial charge is 0.0920 e. The van der Waals surface area contributed by atoms with Crippen LogP contribution >= 0.6 is 17.0 Å². The maximum Gasteiger partial charge on any atom is 0.0920 e. The molecule has 0 aromatic heterocycles. The van der Waals surface area contributed by atoms with E-state index in [9.17, 15) is 0 Å². The first-order valence-corrected chi connectivity index (χ1v) is 20.8. The molecule has 0 saturated heterocycles. The minimum Gasteiger partial charge on any atom is -0.184 e. The zero-order valence-corrected chi connectivity index (χ0v) is 28.2. The molecule has 196 valence electrons. The molecule has 2 radical (unpaired) electrons. The second-order valence-electron chi connectivity index (χ2n) is 10.7.